The average molecular weight is 263 g/mol. The Balaban J connectivity index is 1.95. The molecule has 0 aliphatic carbocycles. The van der Waals surface area contributed by atoms with Gasteiger partial charge in [-0.1, -0.05) is 30.7 Å². The molecule has 0 aromatic heterocycles. The average Bonchev–Trinajstić information content (AvgIpc) is 2.71. The highest BCUT2D eigenvalue weighted by molar-refractivity contribution is 5.19. The molecule has 0 fully saturated rings. The Morgan fingerprint density at radius 3 is 2.89 bits per heavy atom. The SMILES string of the molecule is CCN1CCC=C(C2C=CCCN(CCCN)C2)C1. The van der Waals surface area contributed by atoms with Gasteiger partial charge in [-0.2, -0.15) is 0 Å². The molecule has 1 unspecified atom stereocenters. The summed E-state index contributed by atoms with van der Waals surface area (Å²) in [7, 11) is 0. The zero-order chi connectivity index (χ0) is 13.5. The molecule has 0 radical (unpaired) electrons. The van der Waals surface area contributed by atoms with Crippen LogP contribution in [0.15, 0.2) is 23.8 Å². The smallest absolute Gasteiger partial charge is 0.0199 e. The van der Waals surface area contributed by atoms with Crippen LogP contribution < -0.4 is 5.73 Å². The number of likely N-dealkylation sites (N-methyl/N-ethyl adjacent to an activating group) is 1. The van der Waals surface area contributed by atoms with Crippen LogP contribution in [0.1, 0.15) is 26.2 Å². The molecule has 0 aromatic carbocycles. The summed E-state index contributed by atoms with van der Waals surface area (Å²) in [6.07, 6.45) is 10.8. The minimum atomic E-state index is 0.620. The summed E-state index contributed by atoms with van der Waals surface area (Å²) in [6, 6.07) is 0. The van der Waals surface area contributed by atoms with E-state index in [9.17, 15) is 0 Å². The van der Waals surface area contributed by atoms with E-state index in [1.54, 1.807) is 5.57 Å². The Labute approximate surface area is 118 Å². The molecule has 3 heteroatoms. The third-order valence-electron chi connectivity index (χ3n) is 4.30. The lowest BCUT2D eigenvalue weighted by molar-refractivity contribution is 0.250. The first kappa shape index (κ1) is 14.8. The second-order valence-electron chi connectivity index (χ2n) is 5.70. The quantitative estimate of drug-likeness (QED) is 0.769. The van der Waals surface area contributed by atoms with Crippen molar-refractivity contribution in [1.82, 2.24) is 9.80 Å². The van der Waals surface area contributed by atoms with Gasteiger partial charge in [0, 0.05) is 32.1 Å². The molecule has 2 aliphatic rings. The lowest BCUT2D eigenvalue weighted by Gasteiger charge is -2.31. The third-order valence-corrected chi connectivity index (χ3v) is 4.30. The number of nitrogens with two attached hydrogens (primary N) is 1. The van der Waals surface area contributed by atoms with E-state index in [0.717, 1.165) is 26.1 Å². The van der Waals surface area contributed by atoms with E-state index in [2.05, 4.69) is 35.0 Å². The van der Waals surface area contributed by atoms with Crippen molar-refractivity contribution in [2.24, 2.45) is 11.7 Å². The van der Waals surface area contributed by atoms with Crippen molar-refractivity contribution < 1.29 is 0 Å². The Hall–Kier alpha value is -0.640. The van der Waals surface area contributed by atoms with E-state index in [1.807, 2.05) is 0 Å². The maximum absolute atomic E-state index is 5.64. The van der Waals surface area contributed by atoms with Gasteiger partial charge in [-0.05, 0) is 38.9 Å². The zero-order valence-electron chi connectivity index (χ0n) is 12.4. The van der Waals surface area contributed by atoms with Gasteiger partial charge >= 0.3 is 0 Å². The Morgan fingerprint density at radius 1 is 1.26 bits per heavy atom. The summed E-state index contributed by atoms with van der Waals surface area (Å²) in [6.45, 7) is 10.2. The Kier molecular flexibility index (Phi) is 6.08. The maximum Gasteiger partial charge on any atom is 0.0199 e. The van der Waals surface area contributed by atoms with Gasteiger partial charge in [0.2, 0.25) is 0 Å². The van der Waals surface area contributed by atoms with E-state index >= 15 is 0 Å². The first-order valence-electron chi connectivity index (χ1n) is 7.84. The van der Waals surface area contributed by atoms with Gasteiger partial charge in [0.25, 0.3) is 0 Å². The van der Waals surface area contributed by atoms with Crippen molar-refractivity contribution >= 4 is 0 Å². The molecule has 2 N–H and O–H groups in total. The molecule has 0 aromatic rings. The molecule has 2 rings (SSSR count). The van der Waals surface area contributed by atoms with Crippen molar-refractivity contribution in [3.63, 3.8) is 0 Å². The summed E-state index contributed by atoms with van der Waals surface area (Å²) in [5, 5.41) is 0. The van der Waals surface area contributed by atoms with Gasteiger partial charge in [-0.3, -0.25) is 4.90 Å². The van der Waals surface area contributed by atoms with Gasteiger partial charge in [0.1, 0.15) is 0 Å². The molecule has 1 atom stereocenters. The van der Waals surface area contributed by atoms with Gasteiger partial charge in [0.05, 0.1) is 0 Å². The largest absolute Gasteiger partial charge is 0.330 e. The lowest BCUT2D eigenvalue weighted by atomic mass is 9.94. The molecule has 108 valence electrons. The summed E-state index contributed by atoms with van der Waals surface area (Å²) in [5.74, 6) is 0.620. The van der Waals surface area contributed by atoms with Crippen LogP contribution in [0, 0.1) is 5.92 Å². The fourth-order valence-corrected chi connectivity index (χ4v) is 3.08. The molecular formula is C16H29N3. The molecule has 2 heterocycles. The van der Waals surface area contributed by atoms with Crippen LogP contribution in [0.4, 0.5) is 0 Å². The summed E-state index contributed by atoms with van der Waals surface area (Å²) < 4.78 is 0. The highest BCUT2D eigenvalue weighted by Crippen LogP contribution is 2.22. The molecule has 0 amide bonds. The predicted octanol–water partition coefficient (Wildman–Crippen LogP) is 1.87. The maximum atomic E-state index is 5.64. The van der Waals surface area contributed by atoms with Gasteiger partial charge in [0.15, 0.2) is 0 Å². The van der Waals surface area contributed by atoms with Crippen LogP contribution in [-0.4, -0.2) is 55.6 Å². The van der Waals surface area contributed by atoms with Gasteiger partial charge in [-0.15, -0.1) is 0 Å². The molecular weight excluding hydrogens is 234 g/mol. The lowest BCUT2D eigenvalue weighted by Crippen LogP contribution is -2.36. The number of rotatable bonds is 5. The van der Waals surface area contributed by atoms with Gasteiger partial charge < -0.3 is 10.6 Å². The van der Waals surface area contributed by atoms with E-state index in [1.165, 1.54) is 39.0 Å². The number of hydrogen-bond acceptors (Lipinski definition) is 3. The topological polar surface area (TPSA) is 32.5 Å². The highest BCUT2D eigenvalue weighted by Gasteiger charge is 2.21. The normalized spacial score (nSPS) is 26.2. The predicted molar refractivity (Wildman–Crippen MR) is 82.2 cm³/mol. The molecule has 0 saturated heterocycles. The van der Waals surface area contributed by atoms with E-state index < -0.39 is 0 Å². The second-order valence-corrected chi connectivity index (χ2v) is 5.70. The standard InChI is InChI=1S/C16H29N3/c1-2-18-11-5-8-16(13-18)15-7-3-4-10-19(14-15)12-6-9-17/h3,7-8,15H,2,4-6,9-14,17H2,1H3. The number of nitrogens with zero attached hydrogens (tertiary/aromatic N) is 2. The zero-order valence-corrected chi connectivity index (χ0v) is 12.4. The molecule has 0 spiro atoms. The van der Waals surface area contributed by atoms with Crippen LogP contribution in [-0.2, 0) is 0 Å². The summed E-state index contributed by atoms with van der Waals surface area (Å²) in [4.78, 5) is 5.14. The second kappa shape index (κ2) is 7.83. The fourth-order valence-electron chi connectivity index (χ4n) is 3.08. The Bertz CT molecular complexity index is 322. The minimum Gasteiger partial charge on any atom is -0.330 e. The fraction of sp³-hybridized carbons (Fsp3) is 0.750. The van der Waals surface area contributed by atoms with Crippen LogP contribution in [0.5, 0.6) is 0 Å². The highest BCUT2D eigenvalue weighted by atomic mass is 15.1. The van der Waals surface area contributed by atoms with E-state index in [4.69, 9.17) is 5.73 Å². The van der Waals surface area contributed by atoms with Gasteiger partial charge in [-0.25, -0.2) is 0 Å². The van der Waals surface area contributed by atoms with Crippen LogP contribution in [0.3, 0.4) is 0 Å². The number of hydrogen-bond donors (Lipinski definition) is 1. The monoisotopic (exact) mass is 263 g/mol. The summed E-state index contributed by atoms with van der Waals surface area (Å²) in [5.41, 5.74) is 7.27. The van der Waals surface area contributed by atoms with Crippen molar-refractivity contribution in [3.8, 4) is 0 Å². The molecule has 2 aliphatic heterocycles. The van der Waals surface area contributed by atoms with Crippen molar-refractivity contribution in [2.45, 2.75) is 26.2 Å². The molecule has 0 saturated carbocycles. The van der Waals surface area contributed by atoms with E-state index in [0.29, 0.717) is 5.92 Å². The minimum absolute atomic E-state index is 0.620. The first-order valence-corrected chi connectivity index (χ1v) is 7.84. The first-order chi connectivity index (χ1) is 9.33. The Morgan fingerprint density at radius 2 is 2.11 bits per heavy atom. The third kappa shape index (κ3) is 4.44. The van der Waals surface area contributed by atoms with Crippen LogP contribution in [0.25, 0.3) is 0 Å². The molecule has 3 nitrogen and oxygen atoms in total. The van der Waals surface area contributed by atoms with Crippen LogP contribution in [0.2, 0.25) is 0 Å². The van der Waals surface area contributed by atoms with E-state index in [-0.39, 0.29) is 0 Å². The van der Waals surface area contributed by atoms with Crippen molar-refractivity contribution in [2.75, 3.05) is 45.8 Å². The van der Waals surface area contributed by atoms with Crippen molar-refractivity contribution in [1.29, 1.82) is 0 Å². The molecule has 0 bridgehead atoms. The summed E-state index contributed by atoms with van der Waals surface area (Å²) >= 11 is 0. The van der Waals surface area contributed by atoms with Crippen LogP contribution >= 0.6 is 0 Å². The molecule has 19 heavy (non-hydrogen) atoms. The van der Waals surface area contributed by atoms with Crippen molar-refractivity contribution in [3.05, 3.63) is 23.8 Å².